The fraction of sp³-hybridized carbons (Fsp3) is 0.977. The maximum absolute atomic E-state index is 12.6. The normalized spacial score (nSPS) is 13.1. The van der Waals surface area contributed by atoms with Gasteiger partial charge in [-0.15, -0.1) is 0 Å². The number of phosphoric acid groups is 1. The van der Waals surface area contributed by atoms with Gasteiger partial charge in [-0.1, -0.05) is 232 Å². The summed E-state index contributed by atoms with van der Waals surface area (Å²) in [7, 11) is -4.69. The molecule has 0 saturated carbocycles. The van der Waals surface area contributed by atoms with Gasteiger partial charge in [0.25, 0.3) is 0 Å². The first kappa shape index (κ1) is 50.5. The van der Waals surface area contributed by atoms with Gasteiger partial charge in [0, 0.05) is 6.42 Å². The first-order valence-corrected chi connectivity index (χ1v) is 24.0. The van der Waals surface area contributed by atoms with E-state index in [1.165, 1.54) is 186 Å². The van der Waals surface area contributed by atoms with E-state index in [1.54, 1.807) is 0 Å². The number of carbonyl (C=O) groups excluding carboxylic acids is 1. The van der Waals surface area contributed by atoms with Crippen molar-refractivity contribution in [3.05, 3.63) is 0 Å². The Morgan fingerprint density at radius 1 is 0.490 bits per heavy atom. The van der Waals surface area contributed by atoms with E-state index in [1.807, 2.05) is 0 Å². The molecular formula is C43H88NO6P. The van der Waals surface area contributed by atoms with E-state index in [0.29, 0.717) is 12.8 Å². The van der Waals surface area contributed by atoms with E-state index < -0.39 is 26.6 Å². The molecule has 0 heterocycles. The maximum atomic E-state index is 12.6. The second kappa shape index (κ2) is 39.2. The van der Waals surface area contributed by atoms with Crippen molar-refractivity contribution in [2.75, 3.05) is 6.61 Å². The third-order valence-electron chi connectivity index (χ3n) is 10.6. The number of aliphatic hydroxyl groups is 1. The minimum absolute atomic E-state index is 0.188. The van der Waals surface area contributed by atoms with Gasteiger partial charge in [-0.3, -0.25) is 9.32 Å². The molecule has 0 rings (SSSR count). The molecule has 4 N–H and O–H groups in total. The Kier molecular flexibility index (Phi) is 38.9. The first-order chi connectivity index (χ1) is 24.8. The predicted octanol–water partition coefficient (Wildman–Crippen LogP) is 13.4. The standard InChI is InChI=1S/C43H88NO6P/c1-3-5-7-9-11-13-15-17-19-21-22-23-25-27-29-31-33-35-37-39-43(46)44-41(40-50-51(47,48)49)42(45)38-36-34-32-30-28-26-24-20-18-16-14-12-10-8-6-4-2/h41-42,45H,3-40H2,1-2H3,(H,44,46)(H2,47,48,49)/t41-,42+/m0/s1. The predicted molar refractivity (Wildman–Crippen MR) is 218 cm³/mol. The van der Waals surface area contributed by atoms with Crippen molar-refractivity contribution >= 4 is 13.7 Å². The Hall–Kier alpha value is -0.460. The zero-order valence-corrected chi connectivity index (χ0v) is 34.9. The van der Waals surface area contributed by atoms with Crippen molar-refractivity contribution < 1.29 is 28.8 Å². The highest BCUT2D eigenvalue weighted by molar-refractivity contribution is 7.46. The van der Waals surface area contributed by atoms with Gasteiger partial charge in [0.05, 0.1) is 18.8 Å². The number of carbonyl (C=O) groups is 1. The number of nitrogens with one attached hydrogen (secondary N) is 1. The minimum Gasteiger partial charge on any atom is -0.391 e. The third-order valence-corrected chi connectivity index (χ3v) is 11.1. The number of amides is 1. The SMILES string of the molecule is CCCCCCCCCCCCCCCCCCCCCC(=O)N[C@@H](COP(=O)(O)O)[C@H](O)CCCCCCCCCCCCCCCCCC. The molecule has 0 radical (unpaired) electrons. The topological polar surface area (TPSA) is 116 Å². The molecule has 51 heavy (non-hydrogen) atoms. The highest BCUT2D eigenvalue weighted by atomic mass is 31.2. The largest absolute Gasteiger partial charge is 0.469 e. The molecule has 0 aromatic rings. The Bertz CT molecular complexity index is 763. The van der Waals surface area contributed by atoms with Crippen molar-refractivity contribution in [2.24, 2.45) is 0 Å². The molecule has 0 spiro atoms. The van der Waals surface area contributed by atoms with Crippen LogP contribution in [0.2, 0.25) is 0 Å². The second-order valence-corrected chi connectivity index (χ2v) is 17.0. The lowest BCUT2D eigenvalue weighted by molar-refractivity contribution is -0.123. The van der Waals surface area contributed by atoms with Crippen LogP contribution in [0.15, 0.2) is 0 Å². The maximum Gasteiger partial charge on any atom is 0.469 e. The number of rotatable bonds is 42. The monoisotopic (exact) mass is 746 g/mol. The molecule has 0 saturated heterocycles. The molecular weight excluding hydrogens is 657 g/mol. The molecule has 7 nitrogen and oxygen atoms in total. The Morgan fingerprint density at radius 2 is 0.765 bits per heavy atom. The van der Waals surface area contributed by atoms with Gasteiger partial charge >= 0.3 is 7.82 Å². The molecule has 0 unspecified atom stereocenters. The Morgan fingerprint density at radius 3 is 1.06 bits per heavy atom. The fourth-order valence-corrected chi connectivity index (χ4v) is 7.53. The minimum atomic E-state index is -4.69. The van der Waals surface area contributed by atoms with Crippen molar-refractivity contribution in [2.45, 2.75) is 264 Å². The summed E-state index contributed by atoms with van der Waals surface area (Å²) < 4.78 is 16.0. The lowest BCUT2D eigenvalue weighted by atomic mass is 10.0. The zero-order valence-electron chi connectivity index (χ0n) is 34.0. The number of aliphatic hydroxyl groups excluding tert-OH is 1. The number of phosphoric ester groups is 1. The third kappa shape index (κ3) is 40.6. The van der Waals surface area contributed by atoms with Crippen LogP contribution in [0.5, 0.6) is 0 Å². The van der Waals surface area contributed by atoms with Gasteiger partial charge in [-0.2, -0.15) is 0 Å². The summed E-state index contributed by atoms with van der Waals surface area (Å²) in [6, 6.07) is -0.818. The zero-order chi connectivity index (χ0) is 37.5. The average molecular weight is 746 g/mol. The van der Waals surface area contributed by atoms with E-state index in [0.717, 1.165) is 38.5 Å². The summed E-state index contributed by atoms with van der Waals surface area (Å²) in [6.45, 7) is 4.15. The molecule has 0 aliphatic carbocycles. The number of hydrogen-bond donors (Lipinski definition) is 4. The molecule has 0 bridgehead atoms. The van der Waals surface area contributed by atoms with Gasteiger partial charge < -0.3 is 20.2 Å². The summed E-state index contributed by atoms with van der Waals surface area (Å²) >= 11 is 0. The van der Waals surface area contributed by atoms with Gasteiger partial charge in [-0.05, 0) is 12.8 Å². The lowest BCUT2D eigenvalue weighted by Crippen LogP contribution is -2.46. The number of unbranched alkanes of at least 4 members (excludes halogenated alkanes) is 33. The van der Waals surface area contributed by atoms with Crippen molar-refractivity contribution in [3.63, 3.8) is 0 Å². The van der Waals surface area contributed by atoms with Crippen molar-refractivity contribution in [1.29, 1.82) is 0 Å². The summed E-state index contributed by atoms with van der Waals surface area (Å²) in [4.78, 5) is 31.0. The summed E-state index contributed by atoms with van der Waals surface area (Å²) in [5.74, 6) is -0.188. The molecule has 1 amide bonds. The molecule has 0 aliphatic heterocycles. The number of hydrogen-bond acceptors (Lipinski definition) is 4. The highest BCUT2D eigenvalue weighted by Gasteiger charge is 2.25. The molecule has 0 fully saturated rings. The quantitative estimate of drug-likeness (QED) is 0.0365. The van der Waals surface area contributed by atoms with Crippen molar-refractivity contribution in [3.8, 4) is 0 Å². The van der Waals surface area contributed by atoms with E-state index in [4.69, 9.17) is 0 Å². The van der Waals surface area contributed by atoms with Crippen LogP contribution in [0.25, 0.3) is 0 Å². The van der Waals surface area contributed by atoms with Crippen LogP contribution >= 0.6 is 7.82 Å². The molecule has 2 atom stereocenters. The van der Waals surface area contributed by atoms with Crippen LogP contribution in [-0.2, 0) is 13.9 Å². The van der Waals surface area contributed by atoms with E-state index in [2.05, 4.69) is 23.7 Å². The van der Waals surface area contributed by atoms with Crippen LogP contribution in [-0.4, -0.2) is 39.6 Å². The van der Waals surface area contributed by atoms with Crippen LogP contribution in [0.3, 0.4) is 0 Å². The summed E-state index contributed by atoms with van der Waals surface area (Å²) in [5.41, 5.74) is 0. The van der Waals surface area contributed by atoms with Gasteiger partial charge in [0.2, 0.25) is 5.91 Å². The van der Waals surface area contributed by atoms with Crippen LogP contribution in [0, 0.1) is 0 Å². The summed E-state index contributed by atoms with van der Waals surface area (Å²) in [5, 5.41) is 13.6. The average Bonchev–Trinajstić information content (AvgIpc) is 3.10. The van der Waals surface area contributed by atoms with Gasteiger partial charge in [0.1, 0.15) is 0 Å². The van der Waals surface area contributed by atoms with Crippen molar-refractivity contribution in [1.82, 2.24) is 5.32 Å². The van der Waals surface area contributed by atoms with Gasteiger partial charge in [-0.25, -0.2) is 4.57 Å². The van der Waals surface area contributed by atoms with Crippen LogP contribution < -0.4 is 5.32 Å². The molecule has 0 aromatic heterocycles. The van der Waals surface area contributed by atoms with E-state index in [-0.39, 0.29) is 5.91 Å². The first-order valence-electron chi connectivity index (χ1n) is 22.5. The van der Waals surface area contributed by atoms with Crippen LogP contribution in [0.4, 0.5) is 0 Å². The van der Waals surface area contributed by atoms with E-state index in [9.17, 15) is 24.3 Å². The summed E-state index contributed by atoms with van der Waals surface area (Å²) in [6.07, 6.45) is 45.2. The van der Waals surface area contributed by atoms with E-state index >= 15 is 0 Å². The Balaban J connectivity index is 3.83. The van der Waals surface area contributed by atoms with Gasteiger partial charge in [0.15, 0.2) is 0 Å². The molecule has 8 heteroatoms. The Labute approximate surface area is 317 Å². The molecule has 0 aromatic carbocycles. The second-order valence-electron chi connectivity index (χ2n) is 15.7. The fourth-order valence-electron chi connectivity index (χ4n) is 7.17. The lowest BCUT2D eigenvalue weighted by Gasteiger charge is -2.24. The molecule has 0 aliphatic rings. The van der Waals surface area contributed by atoms with Crippen LogP contribution in [0.1, 0.15) is 251 Å². The smallest absolute Gasteiger partial charge is 0.391 e. The molecule has 306 valence electrons. The highest BCUT2D eigenvalue weighted by Crippen LogP contribution is 2.36.